The molecule has 5 heteroatoms. The summed E-state index contributed by atoms with van der Waals surface area (Å²) < 4.78 is 4.87. The van der Waals surface area contributed by atoms with E-state index in [4.69, 9.17) is 15.0 Å². The average Bonchev–Trinajstić information content (AvgIpc) is 3.87. The molecule has 0 saturated carbocycles. The molecule has 4 nitrogen and oxygen atoms in total. The Hall–Kier alpha value is -7.73. The molecule has 0 aliphatic rings. The Labute approximate surface area is 348 Å². The van der Waals surface area contributed by atoms with Gasteiger partial charge in [-0.3, -0.25) is 0 Å². The number of aromatic nitrogens is 4. The number of benzene rings is 10. The summed E-state index contributed by atoms with van der Waals surface area (Å²) in [6, 6.07) is 69.9. The van der Waals surface area contributed by atoms with Crippen molar-refractivity contribution in [1.29, 1.82) is 0 Å². The molecule has 278 valence electrons. The maximum atomic E-state index is 5.41. The molecule has 0 amide bonds. The Balaban J connectivity index is 1.16. The van der Waals surface area contributed by atoms with Crippen molar-refractivity contribution in [2.75, 3.05) is 0 Å². The highest BCUT2D eigenvalue weighted by Crippen LogP contribution is 2.45. The molecule has 13 aromatic rings. The maximum absolute atomic E-state index is 5.41. The predicted molar refractivity (Wildman–Crippen MR) is 253 cm³/mol. The Kier molecular flexibility index (Phi) is 7.14. The van der Waals surface area contributed by atoms with Gasteiger partial charge in [-0.15, -0.1) is 11.3 Å². The predicted octanol–water partition coefficient (Wildman–Crippen LogP) is 15.0. The Morgan fingerprint density at radius 1 is 0.333 bits per heavy atom. The van der Waals surface area contributed by atoms with E-state index in [1.165, 1.54) is 69.6 Å². The minimum absolute atomic E-state index is 0.641. The second-order valence-electron chi connectivity index (χ2n) is 15.6. The quantitative estimate of drug-likeness (QED) is 0.179. The molecule has 60 heavy (non-hydrogen) atoms. The summed E-state index contributed by atoms with van der Waals surface area (Å²) in [5.41, 5.74) is 6.31. The summed E-state index contributed by atoms with van der Waals surface area (Å²) in [6.45, 7) is 0. The minimum Gasteiger partial charge on any atom is -0.308 e. The van der Waals surface area contributed by atoms with Gasteiger partial charge < -0.3 is 4.57 Å². The lowest BCUT2D eigenvalue weighted by Gasteiger charge is -2.15. The smallest absolute Gasteiger partial charge is 0.165 e. The lowest BCUT2D eigenvalue weighted by Crippen LogP contribution is -2.02. The number of rotatable bonds is 4. The van der Waals surface area contributed by atoms with Crippen LogP contribution in [0.3, 0.4) is 0 Å². The van der Waals surface area contributed by atoms with Crippen LogP contribution in [0.15, 0.2) is 194 Å². The molecule has 0 saturated heterocycles. The van der Waals surface area contributed by atoms with E-state index in [2.05, 4.69) is 199 Å². The Morgan fingerprint density at radius 2 is 0.800 bits per heavy atom. The molecule has 3 aromatic heterocycles. The fourth-order valence-electron chi connectivity index (χ4n) is 9.32. The van der Waals surface area contributed by atoms with Crippen molar-refractivity contribution in [1.82, 2.24) is 19.5 Å². The maximum Gasteiger partial charge on any atom is 0.165 e. The van der Waals surface area contributed by atoms with Crippen molar-refractivity contribution in [2.45, 2.75) is 0 Å². The molecule has 10 aromatic carbocycles. The fourth-order valence-corrected chi connectivity index (χ4v) is 10.5. The van der Waals surface area contributed by atoms with Crippen molar-refractivity contribution >= 4 is 96.4 Å². The van der Waals surface area contributed by atoms with Crippen LogP contribution in [-0.2, 0) is 0 Å². The summed E-state index contributed by atoms with van der Waals surface area (Å²) in [7, 11) is 0. The van der Waals surface area contributed by atoms with Gasteiger partial charge in [0.15, 0.2) is 17.5 Å². The first-order valence-electron chi connectivity index (χ1n) is 20.3. The van der Waals surface area contributed by atoms with Crippen LogP contribution in [0.4, 0.5) is 0 Å². The van der Waals surface area contributed by atoms with Gasteiger partial charge in [0.25, 0.3) is 0 Å². The highest BCUT2D eigenvalue weighted by Gasteiger charge is 2.22. The zero-order valence-corrected chi connectivity index (χ0v) is 33.0. The molecule has 3 heterocycles. The van der Waals surface area contributed by atoms with Crippen LogP contribution in [0.2, 0.25) is 0 Å². The third kappa shape index (κ3) is 5.06. The molecule has 0 fully saturated rings. The van der Waals surface area contributed by atoms with Crippen molar-refractivity contribution < 1.29 is 0 Å². The molecular formula is C55H32N4S. The number of thiophene rings is 1. The second kappa shape index (κ2) is 12.9. The van der Waals surface area contributed by atoms with Crippen LogP contribution in [0.25, 0.3) is 125 Å². The summed E-state index contributed by atoms with van der Waals surface area (Å²) in [5, 5.41) is 14.3. The molecule has 0 radical (unpaired) electrons. The monoisotopic (exact) mass is 780 g/mol. The van der Waals surface area contributed by atoms with Crippen LogP contribution in [0, 0.1) is 0 Å². The van der Waals surface area contributed by atoms with Crippen LogP contribution >= 0.6 is 11.3 Å². The van der Waals surface area contributed by atoms with Gasteiger partial charge in [-0.25, -0.2) is 15.0 Å². The zero-order chi connectivity index (χ0) is 39.3. The van der Waals surface area contributed by atoms with E-state index in [0.29, 0.717) is 17.5 Å². The first-order valence-corrected chi connectivity index (χ1v) is 21.1. The normalized spacial score (nSPS) is 12.0. The largest absolute Gasteiger partial charge is 0.308 e. The fraction of sp³-hybridized carbons (Fsp3) is 0. The number of nitrogens with zero attached hydrogens (tertiary/aromatic N) is 4. The van der Waals surface area contributed by atoms with Gasteiger partial charge >= 0.3 is 0 Å². The van der Waals surface area contributed by atoms with E-state index < -0.39 is 0 Å². The summed E-state index contributed by atoms with van der Waals surface area (Å²) in [6.07, 6.45) is 0. The van der Waals surface area contributed by atoms with Gasteiger partial charge in [0.2, 0.25) is 0 Å². The van der Waals surface area contributed by atoms with Crippen molar-refractivity contribution in [3.05, 3.63) is 194 Å². The summed E-state index contributed by atoms with van der Waals surface area (Å²) in [5.74, 6) is 1.93. The third-order valence-electron chi connectivity index (χ3n) is 12.2. The number of hydrogen-bond acceptors (Lipinski definition) is 4. The second-order valence-corrected chi connectivity index (χ2v) is 16.7. The summed E-state index contributed by atoms with van der Waals surface area (Å²) >= 11 is 1.80. The molecular weight excluding hydrogens is 749 g/mol. The van der Waals surface area contributed by atoms with E-state index in [1.54, 1.807) is 11.3 Å². The van der Waals surface area contributed by atoms with Gasteiger partial charge in [-0.1, -0.05) is 164 Å². The van der Waals surface area contributed by atoms with Crippen LogP contribution in [0.5, 0.6) is 0 Å². The molecule has 0 N–H and O–H groups in total. The summed E-state index contributed by atoms with van der Waals surface area (Å²) in [4.78, 5) is 16.1. The molecule has 0 aliphatic heterocycles. The van der Waals surface area contributed by atoms with Gasteiger partial charge in [-0.2, -0.15) is 0 Å². The average molecular weight is 781 g/mol. The Bertz CT molecular complexity index is 3720. The third-order valence-corrected chi connectivity index (χ3v) is 13.4. The van der Waals surface area contributed by atoms with Crippen LogP contribution in [-0.4, -0.2) is 19.5 Å². The lowest BCUT2D eigenvalue weighted by atomic mass is 10.0. The molecule has 0 unspecified atom stereocenters. The van der Waals surface area contributed by atoms with Crippen molar-refractivity contribution in [3.8, 4) is 39.9 Å². The molecule has 13 rings (SSSR count). The molecule has 0 bridgehead atoms. The van der Waals surface area contributed by atoms with Gasteiger partial charge in [0.1, 0.15) is 0 Å². The highest BCUT2D eigenvalue weighted by molar-refractivity contribution is 7.26. The van der Waals surface area contributed by atoms with Crippen molar-refractivity contribution in [3.63, 3.8) is 0 Å². The SMILES string of the molecule is c1ccc2cc(-c3nc(-c4ccc5ccccc5c4)nc(-c4cc(-n5c6c7ccccc7ccc6c6ccc7ccccc7c65)cc5c4sc4ccccc45)n3)ccc2c1. The Morgan fingerprint density at radius 3 is 1.38 bits per heavy atom. The van der Waals surface area contributed by atoms with Gasteiger partial charge in [-0.05, 0) is 62.6 Å². The molecule has 0 aliphatic carbocycles. The first kappa shape index (κ1) is 33.3. The minimum atomic E-state index is 0.641. The topological polar surface area (TPSA) is 43.6 Å². The van der Waals surface area contributed by atoms with Gasteiger partial charge in [0.05, 0.1) is 11.0 Å². The first-order chi connectivity index (χ1) is 29.7. The van der Waals surface area contributed by atoms with Crippen LogP contribution < -0.4 is 0 Å². The zero-order valence-electron chi connectivity index (χ0n) is 32.2. The van der Waals surface area contributed by atoms with Crippen LogP contribution in [0.1, 0.15) is 0 Å². The lowest BCUT2D eigenvalue weighted by molar-refractivity contribution is 1.08. The standard InChI is InChI=1S/C55H32N4S/c1-3-15-37-29-39(23-21-33(37)11-1)53-56-54(40-24-22-34-12-2-4-16-38(34)30-40)58-55(57-53)48-32-41(31-47-44-19-9-10-20-49(44)60-52(47)48)59-50-42-17-7-5-13-35(42)25-27-45(50)46-28-26-36-14-6-8-18-43(36)51(46)59/h1-32H. The van der Waals surface area contributed by atoms with E-state index in [-0.39, 0.29) is 0 Å². The number of fused-ring (bicyclic) bond motifs is 12. The highest BCUT2D eigenvalue weighted by atomic mass is 32.1. The van der Waals surface area contributed by atoms with E-state index >= 15 is 0 Å². The van der Waals surface area contributed by atoms with E-state index in [0.717, 1.165) is 37.9 Å². The van der Waals surface area contributed by atoms with E-state index in [9.17, 15) is 0 Å². The van der Waals surface area contributed by atoms with E-state index in [1.807, 2.05) is 0 Å². The van der Waals surface area contributed by atoms with Crippen molar-refractivity contribution in [2.24, 2.45) is 0 Å². The molecule has 0 atom stereocenters. The van der Waals surface area contributed by atoms with Gasteiger partial charge in [0, 0.05) is 64.1 Å². The molecule has 0 spiro atoms. The number of hydrogen-bond donors (Lipinski definition) is 0.